The van der Waals surface area contributed by atoms with Crippen molar-refractivity contribution >= 4 is 5.91 Å². The van der Waals surface area contributed by atoms with Crippen LogP contribution < -0.4 is 10.9 Å². The minimum atomic E-state index is -0.271. The minimum Gasteiger partial charge on any atom is -0.395 e. The molecule has 0 aromatic carbocycles. The maximum absolute atomic E-state index is 12.8. The van der Waals surface area contributed by atoms with E-state index in [1.54, 1.807) is 17.7 Å². The highest BCUT2D eigenvalue weighted by Crippen LogP contribution is 2.41. The number of carbonyl (C=O) groups excluding carboxylic acids is 1. The van der Waals surface area contributed by atoms with Crippen LogP contribution in [0.1, 0.15) is 41.4 Å². The average Bonchev–Trinajstić information content (AvgIpc) is 3.34. The van der Waals surface area contributed by atoms with E-state index in [1.807, 2.05) is 13.8 Å². The molecule has 1 aliphatic carbocycles. The summed E-state index contributed by atoms with van der Waals surface area (Å²) in [6.45, 7) is 6.40. The van der Waals surface area contributed by atoms with Gasteiger partial charge in [0.05, 0.1) is 6.61 Å². The van der Waals surface area contributed by atoms with Crippen molar-refractivity contribution in [1.82, 2.24) is 14.8 Å². The number of likely N-dealkylation sites (tertiary alicyclic amines) is 1. The Morgan fingerprint density at radius 3 is 2.68 bits per heavy atom. The lowest BCUT2D eigenvalue weighted by atomic mass is 9.97. The normalized spacial score (nSPS) is 23.8. The Balaban J connectivity index is 1.78. The lowest BCUT2D eigenvalue weighted by Gasteiger charge is -2.20. The van der Waals surface area contributed by atoms with Crippen LogP contribution in [0, 0.1) is 18.8 Å². The molecule has 6 nitrogen and oxygen atoms in total. The fourth-order valence-electron chi connectivity index (χ4n) is 4.25. The first-order valence-corrected chi connectivity index (χ1v) is 9.29. The van der Waals surface area contributed by atoms with Gasteiger partial charge in [0.25, 0.3) is 11.5 Å². The highest BCUT2D eigenvalue weighted by molar-refractivity contribution is 5.94. The number of nitrogens with one attached hydrogen (secondary N) is 1. The summed E-state index contributed by atoms with van der Waals surface area (Å²) in [4.78, 5) is 27.6. The lowest BCUT2D eigenvalue weighted by molar-refractivity contribution is 0.0925. The molecule has 0 radical (unpaired) electrons. The van der Waals surface area contributed by atoms with Crippen LogP contribution >= 0.6 is 0 Å². The number of amides is 1. The van der Waals surface area contributed by atoms with Crippen molar-refractivity contribution in [2.45, 2.75) is 39.2 Å². The largest absolute Gasteiger partial charge is 0.395 e. The number of aryl methyl sites for hydroxylation is 1. The Bertz CT molecular complexity index is 709. The molecule has 3 rings (SSSR count). The van der Waals surface area contributed by atoms with Gasteiger partial charge in [-0.15, -0.1) is 0 Å². The molecule has 6 heteroatoms. The number of rotatable bonds is 6. The number of carbonyl (C=O) groups is 1. The van der Waals surface area contributed by atoms with Gasteiger partial charge in [0, 0.05) is 38.4 Å². The molecule has 0 unspecified atom stereocenters. The first kappa shape index (κ1) is 18.1. The molecule has 0 spiro atoms. The van der Waals surface area contributed by atoms with Crippen molar-refractivity contribution in [2.75, 3.05) is 26.2 Å². The van der Waals surface area contributed by atoms with Crippen molar-refractivity contribution in [3.05, 3.63) is 33.2 Å². The van der Waals surface area contributed by atoms with Crippen LogP contribution in [0.5, 0.6) is 0 Å². The number of aromatic nitrogens is 1. The second kappa shape index (κ2) is 7.30. The molecule has 2 N–H and O–H groups in total. The van der Waals surface area contributed by atoms with Gasteiger partial charge in [0.15, 0.2) is 0 Å². The molecule has 2 atom stereocenters. The summed E-state index contributed by atoms with van der Waals surface area (Å²) in [5, 5.41) is 12.3. The van der Waals surface area contributed by atoms with Crippen LogP contribution in [-0.2, 0) is 13.5 Å². The van der Waals surface area contributed by atoms with Gasteiger partial charge >= 0.3 is 0 Å². The topological polar surface area (TPSA) is 74.6 Å². The fraction of sp³-hybridized carbons (Fsp3) is 0.684. The van der Waals surface area contributed by atoms with E-state index >= 15 is 0 Å². The standard InChI is InChI=1S/C19H29N3O3/c1-4-17-12(2)9-14(19(25)21(17)3)18(24)20-16-11-22(7-8-23)10-15(16)13-5-6-13/h9,13,15-16,23H,4-8,10-11H2,1-3H3,(H,20,24)/t15-,16+/m0/s1. The molecule has 1 aliphatic heterocycles. The minimum absolute atomic E-state index is 0.0578. The van der Waals surface area contributed by atoms with Gasteiger partial charge in [-0.3, -0.25) is 14.5 Å². The number of β-amino-alcohol motifs (C(OH)–C–C–N with tert-alkyl or cyclic N) is 1. The SMILES string of the molecule is CCc1c(C)cc(C(=O)N[C@@H]2CN(CCO)C[C@H]2C2CC2)c(=O)n1C. The van der Waals surface area contributed by atoms with Crippen LogP contribution in [-0.4, -0.2) is 52.8 Å². The zero-order valence-electron chi connectivity index (χ0n) is 15.4. The smallest absolute Gasteiger partial charge is 0.263 e. The van der Waals surface area contributed by atoms with E-state index in [9.17, 15) is 14.7 Å². The molecule has 1 saturated carbocycles. The number of nitrogens with zero attached hydrogens (tertiary/aromatic N) is 2. The van der Waals surface area contributed by atoms with Crippen molar-refractivity contribution < 1.29 is 9.90 Å². The summed E-state index contributed by atoms with van der Waals surface area (Å²) in [7, 11) is 1.73. The number of hydrogen-bond acceptors (Lipinski definition) is 4. The number of pyridine rings is 1. The Morgan fingerprint density at radius 2 is 2.08 bits per heavy atom. The van der Waals surface area contributed by atoms with Crippen LogP contribution in [0.15, 0.2) is 10.9 Å². The molecule has 1 aromatic heterocycles. The predicted molar refractivity (Wildman–Crippen MR) is 96.8 cm³/mol. The summed E-state index contributed by atoms with van der Waals surface area (Å²) >= 11 is 0. The van der Waals surface area contributed by atoms with Gasteiger partial charge < -0.3 is 15.0 Å². The summed E-state index contributed by atoms with van der Waals surface area (Å²) in [5.74, 6) is 0.823. The summed E-state index contributed by atoms with van der Waals surface area (Å²) in [5.41, 5.74) is 1.94. The molecule has 1 saturated heterocycles. The highest BCUT2D eigenvalue weighted by atomic mass is 16.3. The summed E-state index contributed by atoms with van der Waals surface area (Å²) in [6, 6.07) is 1.78. The molecule has 1 aromatic rings. The van der Waals surface area contributed by atoms with E-state index in [1.165, 1.54) is 12.8 Å². The maximum Gasteiger partial charge on any atom is 0.263 e. The van der Waals surface area contributed by atoms with E-state index in [2.05, 4.69) is 10.2 Å². The monoisotopic (exact) mass is 347 g/mol. The molecular formula is C19H29N3O3. The van der Waals surface area contributed by atoms with Crippen LogP contribution in [0.25, 0.3) is 0 Å². The first-order valence-electron chi connectivity index (χ1n) is 9.29. The number of hydrogen-bond donors (Lipinski definition) is 2. The zero-order valence-corrected chi connectivity index (χ0v) is 15.4. The van der Waals surface area contributed by atoms with Crippen LogP contribution in [0.3, 0.4) is 0 Å². The molecular weight excluding hydrogens is 318 g/mol. The third-order valence-electron chi connectivity index (χ3n) is 5.74. The zero-order chi connectivity index (χ0) is 18.1. The predicted octanol–water partition coefficient (Wildman–Crippen LogP) is 0.689. The third-order valence-corrected chi connectivity index (χ3v) is 5.74. The van der Waals surface area contributed by atoms with E-state index in [0.717, 1.165) is 30.8 Å². The Hall–Kier alpha value is -1.66. The second-order valence-electron chi connectivity index (χ2n) is 7.47. The quantitative estimate of drug-likeness (QED) is 0.794. The molecule has 2 aliphatic rings. The maximum atomic E-state index is 12.8. The molecule has 138 valence electrons. The Kier molecular flexibility index (Phi) is 5.29. The van der Waals surface area contributed by atoms with Gasteiger partial charge in [-0.05, 0) is 49.7 Å². The second-order valence-corrected chi connectivity index (χ2v) is 7.47. The van der Waals surface area contributed by atoms with Gasteiger partial charge in [-0.2, -0.15) is 0 Å². The van der Waals surface area contributed by atoms with Gasteiger partial charge in [0.1, 0.15) is 5.56 Å². The van der Waals surface area contributed by atoms with Crippen LogP contribution in [0.2, 0.25) is 0 Å². The van der Waals surface area contributed by atoms with E-state index < -0.39 is 0 Å². The molecule has 1 amide bonds. The lowest BCUT2D eigenvalue weighted by Crippen LogP contribution is -2.43. The first-order chi connectivity index (χ1) is 12.0. The average molecular weight is 347 g/mol. The van der Waals surface area contributed by atoms with Gasteiger partial charge in [-0.1, -0.05) is 6.92 Å². The third kappa shape index (κ3) is 3.65. The molecule has 25 heavy (non-hydrogen) atoms. The molecule has 2 fully saturated rings. The van der Waals surface area contributed by atoms with Crippen LogP contribution in [0.4, 0.5) is 0 Å². The summed E-state index contributed by atoms with van der Waals surface area (Å²) < 4.78 is 1.59. The number of aliphatic hydroxyl groups is 1. The van der Waals surface area contributed by atoms with Gasteiger partial charge in [0.2, 0.25) is 0 Å². The summed E-state index contributed by atoms with van der Waals surface area (Å²) in [6.07, 6.45) is 3.20. The molecule has 0 bridgehead atoms. The van der Waals surface area contributed by atoms with Crippen molar-refractivity contribution in [2.24, 2.45) is 18.9 Å². The van der Waals surface area contributed by atoms with E-state index in [-0.39, 0.29) is 29.7 Å². The van der Waals surface area contributed by atoms with Crippen molar-refractivity contribution in [1.29, 1.82) is 0 Å². The Labute approximate surface area is 148 Å². The number of aliphatic hydroxyl groups excluding tert-OH is 1. The van der Waals surface area contributed by atoms with Gasteiger partial charge in [-0.25, -0.2) is 0 Å². The van der Waals surface area contributed by atoms with Crippen molar-refractivity contribution in [3.8, 4) is 0 Å². The van der Waals surface area contributed by atoms with Crippen molar-refractivity contribution in [3.63, 3.8) is 0 Å². The molecule has 2 heterocycles. The highest BCUT2D eigenvalue weighted by Gasteiger charge is 2.43. The van der Waals surface area contributed by atoms with E-state index in [0.29, 0.717) is 18.4 Å². The fourth-order valence-corrected chi connectivity index (χ4v) is 4.25. The van der Waals surface area contributed by atoms with E-state index in [4.69, 9.17) is 0 Å². The Morgan fingerprint density at radius 1 is 1.36 bits per heavy atom.